The fourth-order valence-electron chi connectivity index (χ4n) is 12.4. The smallest absolute Gasteiger partial charge is 0.166 e. The fraction of sp³-hybridized carbons (Fsp3) is 0.0588. The zero-order valence-electron chi connectivity index (χ0n) is 40.2. The number of rotatable bonds is 9. The second kappa shape index (κ2) is 16.6. The van der Waals surface area contributed by atoms with E-state index in [0.29, 0.717) is 28.3 Å². The zero-order chi connectivity index (χ0) is 49.8. The van der Waals surface area contributed by atoms with Gasteiger partial charge in [0.15, 0.2) is 11.6 Å². The van der Waals surface area contributed by atoms with E-state index in [1.807, 2.05) is 72.8 Å². The number of benzene rings is 10. The molecular formula is C68H46F3NO. The highest BCUT2D eigenvalue weighted by atomic mass is 19.2. The molecule has 0 heterocycles. The molecule has 73 heavy (non-hydrogen) atoms. The Labute approximate surface area is 423 Å². The summed E-state index contributed by atoms with van der Waals surface area (Å²) in [6, 6.07) is 69.2. The van der Waals surface area contributed by atoms with E-state index in [4.69, 9.17) is 4.74 Å². The molecule has 2 unspecified atom stereocenters. The summed E-state index contributed by atoms with van der Waals surface area (Å²) in [6.07, 6.45) is 3.19. The summed E-state index contributed by atoms with van der Waals surface area (Å²) < 4.78 is 54.5. The number of nitrogens with zero attached hydrogens (tertiary/aromatic N) is 1. The molecule has 2 atom stereocenters. The van der Waals surface area contributed by atoms with E-state index in [1.54, 1.807) is 25.1 Å². The van der Waals surface area contributed by atoms with Gasteiger partial charge in [-0.05, 0) is 170 Å². The van der Waals surface area contributed by atoms with E-state index in [1.165, 1.54) is 51.1 Å². The summed E-state index contributed by atoms with van der Waals surface area (Å²) in [7, 11) is 0. The van der Waals surface area contributed by atoms with Gasteiger partial charge in [0, 0.05) is 22.6 Å². The molecule has 13 rings (SSSR count). The molecule has 1 spiro atoms. The zero-order valence-corrected chi connectivity index (χ0v) is 40.2. The van der Waals surface area contributed by atoms with Gasteiger partial charge in [0.1, 0.15) is 17.3 Å². The Morgan fingerprint density at radius 1 is 0.411 bits per heavy atom. The van der Waals surface area contributed by atoms with E-state index in [2.05, 4.69) is 140 Å². The van der Waals surface area contributed by atoms with Crippen molar-refractivity contribution in [3.63, 3.8) is 0 Å². The summed E-state index contributed by atoms with van der Waals surface area (Å²) in [5, 5.41) is 0. The Kier molecular flexibility index (Phi) is 10.0. The summed E-state index contributed by atoms with van der Waals surface area (Å²) in [6.45, 7) is 11.8. The molecule has 5 heteroatoms. The lowest BCUT2D eigenvalue weighted by Gasteiger charge is -2.36. The Morgan fingerprint density at radius 2 is 0.890 bits per heavy atom. The van der Waals surface area contributed by atoms with Crippen LogP contribution in [0.15, 0.2) is 219 Å². The van der Waals surface area contributed by atoms with E-state index in [-0.39, 0.29) is 11.4 Å². The largest absolute Gasteiger partial charge is 0.457 e. The van der Waals surface area contributed by atoms with Crippen molar-refractivity contribution in [3.8, 4) is 44.9 Å². The third kappa shape index (κ3) is 6.31. The van der Waals surface area contributed by atoms with Crippen molar-refractivity contribution in [1.82, 2.24) is 0 Å². The van der Waals surface area contributed by atoms with E-state index < -0.39 is 22.5 Å². The highest BCUT2D eigenvalue weighted by Crippen LogP contribution is 2.64. The van der Waals surface area contributed by atoms with Crippen molar-refractivity contribution in [1.29, 1.82) is 0 Å². The second-order valence-corrected chi connectivity index (χ2v) is 19.3. The molecular weight excluding hydrogens is 904 g/mol. The monoisotopic (exact) mass is 949 g/mol. The molecule has 10 aromatic rings. The molecule has 0 fully saturated rings. The van der Waals surface area contributed by atoms with Gasteiger partial charge in [-0.15, -0.1) is 0 Å². The van der Waals surface area contributed by atoms with Crippen LogP contribution in [0.5, 0.6) is 11.5 Å². The molecule has 2 nitrogen and oxygen atoms in total. The summed E-state index contributed by atoms with van der Waals surface area (Å²) in [5.74, 6) is -1.01. The average Bonchev–Trinajstić information content (AvgIpc) is 4.00. The van der Waals surface area contributed by atoms with Gasteiger partial charge in [-0.1, -0.05) is 170 Å². The van der Waals surface area contributed by atoms with Crippen LogP contribution in [-0.4, -0.2) is 0 Å². The molecule has 0 saturated carbocycles. The topological polar surface area (TPSA) is 12.5 Å². The lowest BCUT2D eigenvalue weighted by Crippen LogP contribution is -2.30. The molecule has 3 aliphatic carbocycles. The minimum atomic E-state index is -1.20. The average molecular weight is 950 g/mol. The number of hydrogen-bond acceptors (Lipinski definition) is 2. The molecule has 0 aliphatic heterocycles. The molecule has 0 aromatic heterocycles. The van der Waals surface area contributed by atoms with Crippen LogP contribution in [0, 0.1) is 31.3 Å². The first kappa shape index (κ1) is 44.0. The molecule has 0 saturated heterocycles. The van der Waals surface area contributed by atoms with E-state index in [9.17, 15) is 0 Å². The van der Waals surface area contributed by atoms with Crippen LogP contribution in [0.25, 0.3) is 45.5 Å². The molecule has 10 aromatic carbocycles. The minimum absolute atomic E-state index is 0.0593. The number of halogens is 3. The van der Waals surface area contributed by atoms with Gasteiger partial charge >= 0.3 is 0 Å². The van der Waals surface area contributed by atoms with Crippen LogP contribution < -0.4 is 9.64 Å². The van der Waals surface area contributed by atoms with Gasteiger partial charge in [-0.25, -0.2) is 13.2 Å². The quantitative estimate of drug-likeness (QED) is 0.143. The Balaban J connectivity index is 1.06. The Bertz CT molecular complexity index is 3930. The number of hydrogen-bond donors (Lipinski definition) is 0. The van der Waals surface area contributed by atoms with Gasteiger partial charge < -0.3 is 9.64 Å². The predicted octanol–water partition coefficient (Wildman–Crippen LogP) is 18.0. The third-order valence-electron chi connectivity index (χ3n) is 15.6. The molecule has 350 valence electrons. The van der Waals surface area contributed by atoms with Crippen LogP contribution >= 0.6 is 0 Å². The van der Waals surface area contributed by atoms with Crippen molar-refractivity contribution in [2.45, 2.75) is 24.7 Å². The highest BCUT2D eigenvalue weighted by Gasteiger charge is 2.52. The lowest BCUT2D eigenvalue weighted by atomic mass is 9.66. The summed E-state index contributed by atoms with van der Waals surface area (Å²) in [5.41, 5.74) is 17.6. The second-order valence-electron chi connectivity index (χ2n) is 19.3. The van der Waals surface area contributed by atoms with Crippen LogP contribution in [0.2, 0.25) is 0 Å². The first-order chi connectivity index (χ1) is 35.6. The van der Waals surface area contributed by atoms with Gasteiger partial charge in [0.05, 0.1) is 10.8 Å². The standard InChI is InChI=1S/C68H46F3NO/c1-5-43-21-28-48(29-22-43)73-49-30-23-44(24-31-49)67(60-35-36-64(69)66(71)50(60)6-2)57-16-10-7-13-51(57)55-33-26-45(38-62(55)67)72(47-25-20-42(4)65(70)40-47)46-27-34-56-53-15-9-12-18-59(53)68(63(56)39-46)58-17-11-8-14-52(58)54-32-19-41(3)37-61(54)68/h5-40H,1-2H2,3-4H3. The first-order valence-corrected chi connectivity index (χ1v) is 24.5. The van der Waals surface area contributed by atoms with Crippen LogP contribution in [-0.2, 0) is 10.8 Å². The van der Waals surface area contributed by atoms with Crippen LogP contribution in [0.1, 0.15) is 66.8 Å². The van der Waals surface area contributed by atoms with Gasteiger partial charge in [0.25, 0.3) is 0 Å². The Hall–Kier alpha value is -8.93. The van der Waals surface area contributed by atoms with Gasteiger partial charge in [0.2, 0.25) is 0 Å². The molecule has 0 radical (unpaired) electrons. The number of fused-ring (bicyclic) bond motifs is 13. The van der Waals surface area contributed by atoms with E-state index in [0.717, 1.165) is 55.9 Å². The minimum Gasteiger partial charge on any atom is -0.457 e. The number of ether oxygens (including phenoxy) is 1. The SMILES string of the molecule is C=Cc1ccc(Oc2ccc(C3(c4ccc(F)c(F)c4C=C)c4ccccc4-c4ccc(N(c5ccc(C)c(F)c5)c5ccc6c(c5)C5(c7ccccc7-c7ccc(C)cc75)c5ccccc5-6)cc43)cc2)cc1. The van der Waals surface area contributed by atoms with Crippen molar-refractivity contribution < 1.29 is 17.9 Å². The maximum absolute atomic E-state index is 16.5. The van der Waals surface area contributed by atoms with Crippen molar-refractivity contribution in [2.24, 2.45) is 0 Å². The first-order valence-electron chi connectivity index (χ1n) is 24.5. The molecule has 0 amide bonds. The third-order valence-corrected chi connectivity index (χ3v) is 15.6. The Morgan fingerprint density at radius 3 is 1.45 bits per heavy atom. The maximum Gasteiger partial charge on any atom is 0.166 e. The van der Waals surface area contributed by atoms with Gasteiger partial charge in [-0.2, -0.15) is 0 Å². The van der Waals surface area contributed by atoms with Crippen molar-refractivity contribution in [3.05, 3.63) is 304 Å². The molecule has 0 bridgehead atoms. The summed E-state index contributed by atoms with van der Waals surface area (Å²) in [4.78, 5) is 2.12. The summed E-state index contributed by atoms with van der Waals surface area (Å²) >= 11 is 0. The number of anilines is 3. The van der Waals surface area contributed by atoms with Crippen LogP contribution in [0.4, 0.5) is 30.2 Å². The normalized spacial score (nSPS) is 16.2. The molecule has 0 N–H and O–H groups in total. The van der Waals surface area contributed by atoms with Crippen molar-refractivity contribution in [2.75, 3.05) is 4.90 Å². The van der Waals surface area contributed by atoms with Crippen LogP contribution in [0.3, 0.4) is 0 Å². The molecule has 3 aliphatic rings. The van der Waals surface area contributed by atoms with Gasteiger partial charge in [-0.3, -0.25) is 0 Å². The fourth-order valence-corrected chi connectivity index (χ4v) is 12.4. The van der Waals surface area contributed by atoms with E-state index >= 15 is 13.2 Å². The maximum atomic E-state index is 16.5. The number of aryl methyl sites for hydroxylation is 2. The lowest BCUT2D eigenvalue weighted by molar-refractivity contribution is 0.482. The predicted molar refractivity (Wildman–Crippen MR) is 291 cm³/mol. The highest BCUT2D eigenvalue weighted by molar-refractivity contribution is 5.97. The van der Waals surface area contributed by atoms with Crippen molar-refractivity contribution >= 4 is 29.2 Å².